The van der Waals surface area contributed by atoms with Gasteiger partial charge in [0, 0.05) is 39.1 Å². The van der Waals surface area contributed by atoms with Crippen LogP contribution in [0.3, 0.4) is 0 Å². The summed E-state index contributed by atoms with van der Waals surface area (Å²) in [5, 5.41) is 0. The molecule has 2 fully saturated rings. The van der Waals surface area contributed by atoms with E-state index in [1.807, 2.05) is 0 Å². The van der Waals surface area contributed by atoms with Crippen LogP contribution < -0.4 is 0 Å². The molecule has 1 saturated carbocycles. The first-order chi connectivity index (χ1) is 7.79. The highest BCUT2D eigenvalue weighted by molar-refractivity contribution is 5.81. The SMILES string of the molecule is COC1CCN(CC2CCCCCC2=O)C1. The van der Waals surface area contributed by atoms with E-state index in [1.165, 1.54) is 12.8 Å². The lowest BCUT2D eigenvalue weighted by Crippen LogP contribution is -2.32. The normalized spacial score (nSPS) is 32.9. The van der Waals surface area contributed by atoms with Crippen molar-refractivity contribution in [1.29, 1.82) is 0 Å². The van der Waals surface area contributed by atoms with Crippen LogP contribution in [0.15, 0.2) is 0 Å². The van der Waals surface area contributed by atoms with Gasteiger partial charge in [0.1, 0.15) is 5.78 Å². The third kappa shape index (κ3) is 3.05. The Morgan fingerprint density at radius 1 is 1.31 bits per heavy atom. The van der Waals surface area contributed by atoms with E-state index in [0.717, 1.165) is 45.3 Å². The molecule has 1 aliphatic heterocycles. The molecule has 0 aromatic carbocycles. The maximum atomic E-state index is 11.9. The molecular formula is C13H23NO2. The fraction of sp³-hybridized carbons (Fsp3) is 0.923. The van der Waals surface area contributed by atoms with Gasteiger partial charge in [-0.05, 0) is 19.3 Å². The minimum Gasteiger partial charge on any atom is -0.380 e. The first-order valence-corrected chi connectivity index (χ1v) is 6.57. The first kappa shape index (κ1) is 12.1. The van der Waals surface area contributed by atoms with Crippen molar-refractivity contribution in [2.75, 3.05) is 26.7 Å². The quantitative estimate of drug-likeness (QED) is 0.687. The molecule has 2 aliphatic rings. The summed E-state index contributed by atoms with van der Waals surface area (Å²) >= 11 is 0. The van der Waals surface area contributed by atoms with Crippen LogP contribution in [-0.4, -0.2) is 43.5 Å². The fourth-order valence-electron chi connectivity index (χ4n) is 2.89. The molecule has 1 aliphatic carbocycles. The number of hydrogen-bond donors (Lipinski definition) is 0. The largest absolute Gasteiger partial charge is 0.380 e. The molecule has 0 amide bonds. The number of ketones is 1. The highest BCUT2D eigenvalue weighted by Crippen LogP contribution is 2.23. The Kier molecular flexibility index (Phi) is 4.36. The van der Waals surface area contributed by atoms with E-state index in [9.17, 15) is 4.79 Å². The summed E-state index contributed by atoms with van der Waals surface area (Å²) in [5.74, 6) is 0.802. The molecule has 2 rings (SSSR count). The smallest absolute Gasteiger partial charge is 0.137 e. The molecule has 1 heterocycles. The predicted molar refractivity (Wildman–Crippen MR) is 63.4 cm³/mol. The molecule has 0 spiro atoms. The van der Waals surface area contributed by atoms with Crippen LogP contribution in [0.25, 0.3) is 0 Å². The molecule has 3 nitrogen and oxygen atoms in total. The van der Waals surface area contributed by atoms with E-state index in [0.29, 0.717) is 17.8 Å². The average Bonchev–Trinajstić information content (AvgIpc) is 2.65. The standard InChI is InChI=1S/C13H23NO2/c1-16-12-7-8-14(10-12)9-11-5-3-2-4-6-13(11)15/h11-12H,2-10H2,1H3. The summed E-state index contributed by atoms with van der Waals surface area (Å²) in [4.78, 5) is 14.3. The van der Waals surface area contributed by atoms with Crippen LogP contribution in [0.5, 0.6) is 0 Å². The van der Waals surface area contributed by atoms with E-state index in [-0.39, 0.29) is 0 Å². The van der Waals surface area contributed by atoms with Crippen LogP contribution in [0.2, 0.25) is 0 Å². The number of hydrogen-bond acceptors (Lipinski definition) is 3. The second-order valence-electron chi connectivity index (χ2n) is 5.17. The Morgan fingerprint density at radius 3 is 2.94 bits per heavy atom. The molecule has 0 bridgehead atoms. The number of Topliss-reactive ketones (excluding diaryl/α,β-unsaturated/α-hetero) is 1. The summed E-state index contributed by atoms with van der Waals surface area (Å²) in [6.45, 7) is 3.08. The zero-order valence-electron chi connectivity index (χ0n) is 10.3. The van der Waals surface area contributed by atoms with Gasteiger partial charge < -0.3 is 4.74 Å². The second kappa shape index (κ2) is 5.78. The predicted octanol–water partition coefficient (Wildman–Crippen LogP) is 1.86. The van der Waals surface area contributed by atoms with E-state index in [4.69, 9.17) is 4.74 Å². The van der Waals surface area contributed by atoms with Crippen molar-refractivity contribution < 1.29 is 9.53 Å². The third-order valence-electron chi connectivity index (χ3n) is 3.97. The van der Waals surface area contributed by atoms with Crippen molar-refractivity contribution in [2.45, 2.75) is 44.6 Å². The lowest BCUT2D eigenvalue weighted by molar-refractivity contribution is -0.123. The topological polar surface area (TPSA) is 29.5 Å². The van der Waals surface area contributed by atoms with Crippen molar-refractivity contribution in [1.82, 2.24) is 4.90 Å². The Morgan fingerprint density at radius 2 is 2.19 bits per heavy atom. The van der Waals surface area contributed by atoms with Crippen LogP contribution in [0.4, 0.5) is 0 Å². The average molecular weight is 225 g/mol. The minimum atomic E-state index is 0.304. The number of carbonyl (C=O) groups is 1. The van der Waals surface area contributed by atoms with Crippen molar-refractivity contribution in [3.05, 3.63) is 0 Å². The van der Waals surface area contributed by atoms with Gasteiger partial charge in [-0.2, -0.15) is 0 Å². The fourth-order valence-corrected chi connectivity index (χ4v) is 2.89. The highest BCUT2D eigenvalue weighted by atomic mass is 16.5. The Bertz CT molecular complexity index is 242. The van der Waals surface area contributed by atoms with Gasteiger partial charge in [-0.15, -0.1) is 0 Å². The van der Waals surface area contributed by atoms with Gasteiger partial charge in [-0.3, -0.25) is 9.69 Å². The van der Waals surface area contributed by atoms with Gasteiger partial charge in [0.25, 0.3) is 0 Å². The Balaban J connectivity index is 1.81. The lowest BCUT2D eigenvalue weighted by Gasteiger charge is -2.21. The maximum Gasteiger partial charge on any atom is 0.137 e. The van der Waals surface area contributed by atoms with Gasteiger partial charge in [-0.1, -0.05) is 12.8 Å². The first-order valence-electron chi connectivity index (χ1n) is 6.57. The van der Waals surface area contributed by atoms with Gasteiger partial charge in [-0.25, -0.2) is 0 Å². The monoisotopic (exact) mass is 225 g/mol. The number of ether oxygens (including phenoxy) is 1. The lowest BCUT2D eigenvalue weighted by atomic mass is 9.98. The second-order valence-corrected chi connectivity index (χ2v) is 5.17. The van der Waals surface area contributed by atoms with Crippen LogP contribution in [-0.2, 0) is 9.53 Å². The molecule has 2 atom stereocenters. The molecule has 3 heteroatoms. The van der Waals surface area contributed by atoms with Crippen LogP contribution in [0, 0.1) is 5.92 Å². The van der Waals surface area contributed by atoms with Gasteiger partial charge in [0.15, 0.2) is 0 Å². The van der Waals surface area contributed by atoms with Crippen LogP contribution >= 0.6 is 0 Å². The summed E-state index contributed by atoms with van der Waals surface area (Å²) in [6, 6.07) is 0. The molecule has 0 aromatic rings. The Labute approximate surface area is 98.1 Å². The third-order valence-corrected chi connectivity index (χ3v) is 3.97. The van der Waals surface area contributed by atoms with Crippen molar-refractivity contribution in [2.24, 2.45) is 5.92 Å². The number of methoxy groups -OCH3 is 1. The number of likely N-dealkylation sites (tertiary alicyclic amines) is 1. The number of carbonyl (C=O) groups excluding carboxylic acids is 1. The van der Waals surface area contributed by atoms with Gasteiger partial charge >= 0.3 is 0 Å². The zero-order valence-corrected chi connectivity index (χ0v) is 10.3. The van der Waals surface area contributed by atoms with Crippen molar-refractivity contribution in [3.8, 4) is 0 Å². The van der Waals surface area contributed by atoms with Crippen molar-refractivity contribution in [3.63, 3.8) is 0 Å². The molecule has 0 radical (unpaired) electrons. The number of nitrogens with zero attached hydrogens (tertiary/aromatic N) is 1. The summed E-state index contributed by atoms with van der Waals surface area (Å²) in [7, 11) is 1.78. The molecule has 2 unspecified atom stereocenters. The van der Waals surface area contributed by atoms with Crippen molar-refractivity contribution >= 4 is 5.78 Å². The maximum absolute atomic E-state index is 11.9. The van der Waals surface area contributed by atoms with E-state index >= 15 is 0 Å². The van der Waals surface area contributed by atoms with E-state index in [1.54, 1.807) is 7.11 Å². The minimum absolute atomic E-state index is 0.304. The van der Waals surface area contributed by atoms with E-state index in [2.05, 4.69) is 4.90 Å². The molecule has 0 aromatic heterocycles. The summed E-state index contributed by atoms with van der Waals surface area (Å²) in [6.07, 6.45) is 7.01. The van der Waals surface area contributed by atoms with Crippen LogP contribution in [0.1, 0.15) is 38.5 Å². The molecule has 0 N–H and O–H groups in total. The molecule has 1 saturated heterocycles. The molecule has 16 heavy (non-hydrogen) atoms. The van der Waals surface area contributed by atoms with Gasteiger partial charge in [0.05, 0.1) is 6.10 Å². The zero-order chi connectivity index (χ0) is 11.4. The number of rotatable bonds is 3. The van der Waals surface area contributed by atoms with Gasteiger partial charge in [0.2, 0.25) is 0 Å². The van der Waals surface area contributed by atoms with E-state index < -0.39 is 0 Å². The summed E-state index contributed by atoms with van der Waals surface area (Å²) < 4.78 is 5.36. The summed E-state index contributed by atoms with van der Waals surface area (Å²) in [5.41, 5.74) is 0. The highest BCUT2D eigenvalue weighted by Gasteiger charge is 2.27. The molecular weight excluding hydrogens is 202 g/mol. The Hall–Kier alpha value is -0.410. The molecule has 92 valence electrons.